The molecule has 0 saturated heterocycles. The summed E-state index contributed by atoms with van der Waals surface area (Å²) in [5, 5.41) is 9.11. The molecular formula is C12H15ClO4. The quantitative estimate of drug-likeness (QED) is 0.852. The maximum atomic E-state index is 10.5. The highest BCUT2D eigenvalue weighted by Gasteiger charge is 2.14. The normalized spacial score (nSPS) is 10.1. The predicted octanol–water partition coefficient (Wildman–Crippen LogP) is 2.76. The number of hydrogen-bond acceptors (Lipinski definition) is 3. The molecule has 0 heterocycles. The Labute approximate surface area is 105 Å². The fourth-order valence-electron chi connectivity index (χ4n) is 1.65. The van der Waals surface area contributed by atoms with Crippen LogP contribution in [0.15, 0.2) is 12.1 Å². The minimum atomic E-state index is -0.815. The van der Waals surface area contributed by atoms with Crippen LogP contribution in [0.25, 0.3) is 0 Å². The fourth-order valence-corrected chi connectivity index (χ4v) is 1.90. The van der Waals surface area contributed by atoms with E-state index >= 15 is 0 Å². The van der Waals surface area contributed by atoms with Crippen LogP contribution in [-0.4, -0.2) is 25.3 Å². The van der Waals surface area contributed by atoms with Crippen LogP contribution in [0, 0.1) is 0 Å². The minimum absolute atomic E-state index is 0.110. The van der Waals surface area contributed by atoms with Crippen molar-refractivity contribution in [3.05, 3.63) is 22.7 Å². The summed E-state index contributed by atoms with van der Waals surface area (Å²) in [7, 11) is 3.09. The van der Waals surface area contributed by atoms with Gasteiger partial charge in [0, 0.05) is 12.0 Å². The maximum Gasteiger partial charge on any atom is 0.303 e. The lowest BCUT2D eigenvalue weighted by atomic mass is 10.1. The lowest BCUT2D eigenvalue weighted by Crippen LogP contribution is -2.00. The summed E-state index contributed by atoms with van der Waals surface area (Å²) in [5.74, 6) is 0.401. The van der Waals surface area contributed by atoms with E-state index in [0.717, 1.165) is 5.56 Å². The molecule has 0 radical (unpaired) electrons. The molecule has 94 valence electrons. The second kappa shape index (κ2) is 6.35. The Morgan fingerprint density at radius 2 is 2.06 bits per heavy atom. The molecule has 0 aromatic heterocycles. The molecule has 0 spiro atoms. The lowest BCUT2D eigenvalue weighted by Gasteiger charge is -2.14. The topological polar surface area (TPSA) is 55.8 Å². The summed E-state index contributed by atoms with van der Waals surface area (Å²) < 4.78 is 10.4. The second-order valence-corrected chi connectivity index (χ2v) is 3.92. The molecule has 0 aliphatic carbocycles. The predicted molar refractivity (Wildman–Crippen MR) is 65.1 cm³/mol. The van der Waals surface area contributed by atoms with Crippen molar-refractivity contribution in [2.75, 3.05) is 14.2 Å². The summed E-state index contributed by atoms with van der Waals surface area (Å²) in [6.45, 7) is 0. The smallest absolute Gasteiger partial charge is 0.303 e. The molecule has 0 amide bonds. The van der Waals surface area contributed by atoms with Gasteiger partial charge in [-0.3, -0.25) is 4.79 Å². The van der Waals surface area contributed by atoms with Gasteiger partial charge in [0.1, 0.15) is 11.5 Å². The van der Waals surface area contributed by atoms with Gasteiger partial charge >= 0.3 is 5.97 Å². The summed E-state index contributed by atoms with van der Waals surface area (Å²) in [6, 6.07) is 3.45. The number of benzene rings is 1. The summed E-state index contributed by atoms with van der Waals surface area (Å²) in [5.41, 5.74) is 0.809. The third-order valence-corrected chi connectivity index (χ3v) is 2.71. The molecule has 5 heteroatoms. The molecule has 0 aliphatic heterocycles. The van der Waals surface area contributed by atoms with Crippen molar-refractivity contribution in [3.8, 4) is 11.5 Å². The molecule has 1 rings (SSSR count). The number of halogens is 1. The van der Waals surface area contributed by atoms with Gasteiger partial charge in [0.05, 0.1) is 19.2 Å². The number of carboxylic acid groups (broad SMARTS) is 1. The molecule has 17 heavy (non-hydrogen) atoms. The monoisotopic (exact) mass is 258 g/mol. The molecule has 0 bridgehead atoms. The van der Waals surface area contributed by atoms with E-state index < -0.39 is 5.97 Å². The van der Waals surface area contributed by atoms with Gasteiger partial charge in [-0.1, -0.05) is 11.6 Å². The summed E-state index contributed by atoms with van der Waals surface area (Å²) >= 11 is 6.00. The number of ether oxygens (including phenoxy) is 2. The first-order valence-corrected chi connectivity index (χ1v) is 5.59. The SMILES string of the molecule is COc1ccc(Cl)c(OC)c1CCCC(=O)O. The molecule has 4 nitrogen and oxygen atoms in total. The maximum absolute atomic E-state index is 10.5. The summed E-state index contributed by atoms with van der Waals surface area (Å²) in [4.78, 5) is 10.5. The third kappa shape index (κ3) is 3.53. The Hall–Kier alpha value is -1.42. The van der Waals surface area contributed by atoms with Gasteiger partial charge in [-0.15, -0.1) is 0 Å². The van der Waals surface area contributed by atoms with Crippen LogP contribution < -0.4 is 9.47 Å². The zero-order valence-corrected chi connectivity index (χ0v) is 10.6. The van der Waals surface area contributed by atoms with E-state index in [1.165, 1.54) is 7.11 Å². The van der Waals surface area contributed by atoms with Gasteiger partial charge in [-0.25, -0.2) is 0 Å². The van der Waals surface area contributed by atoms with Crippen molar-refractivity contribution in [1.82, 2.24) is 0 Å². The van der Waals surface area contributed by atoms with E-state index in [-0.39, 0.29) is 6.42 Å². The number of methoxy groups -OCH3 is 2. The van der Waals surface area contributed by atoms with Crippen molar-refractivity contribution in [3.63, 3.8) is 0 Å². The molecule has 1 N–H and O–H groups in total. The first kappa shape index (κ1) is 13.6. The number of rotatable bonds is 6. The number of carboxylic acids is 1. The van der Waals surface area contributed by atoms with Gasteiger partial charge in [0.2, 0.25) is 0 Å². The average molecular weight is 259 g/mol. The summed E-state index contributed by atoms with van der Waals surface area (Å²) in [6.07, 6.45) is 1.18. The van der Waals surface area contributed by atoms with Crippen LogP contribution in [0.1, 0.15) is 18.4 Å². The molecule has 1 aromatic rings. The Balaban J connectivity index is 2.93. The highest BCUT2D eigenvalue weighted by molar-refractivity contribution is 6.32. The van der Waals surface area contributed by atoms with Crippen molar-refractivity contribution < 1.29 is 19.4 Å². The van der Waals surface area contributed by atoms with E-state index in [9.17, 15) is 4.79 Å². The van der Waals surface area contributed by atoms with Crippen LogP contribution in [0.3, 0.4) is 0 Å². The minimum Gasteiger partial charge on any atom is -0.496 e. The average Bonchev–Trinajstić information content (AvgIpc) is 2.29. The van der Waals surface area contributed by atoms with Crippen molar-refractivity contribution in [1.29, 1.82) is 0 Å². The lowest BCUT2D eigenvalue weighted by molar-refractivity contribution is -0.137. The zero-order chi connectivity index (χ0) is 12.8. The fraction of sp³-hybridized carbons (Fsp3) is 0.417. The molecule has 0 aliphatic rings. The molecule has 0 fully saturated rings. The number of aliphatic carboxylic acids is 1. The molecular weight excluding hydrogens is 244 g/mol. The van der Waals surface area contributed by atoms with E-state index in [1.807, 2.05) is 0 Å². The molecule has 0 unspecified atom stereocenters. The van der Waals surface area contributed by atoms with Gasteiger partial charge in [0.25, 0.3) is 0 Å². The molecule has 1 aromatic carbocycles. The Morgan fingerprint density at radius 3 is 2.59 bits per heavy atom. The van der Waals surface area contributed by atoms with Crippen molar-refractivity contribution >= 4 is 17.6 Å². The Bertz CT molecular complexity index is 404. The highest BCUT2D eigenvalue weighted by Crippen LogP contribution is 2.36. The largest absolute Gasteiger partial charge is 0.496 e. The number of hydrogen-bond donors (Lipinski definition) is 1. The van der Waals surface area contributed by atoms with Gasteiger partial charge in [-0.2, -0.15) is 0 Å². The highest BCUT2D eigenvalue weighted by atomic mass is 35.5. The first-order valence-electron chi connectivity index (χ1n) is 5.21. The first-order chi connectivity index (χ1) is 8.10. The van der Waals surface area contributed by atoms with Crippen LogP contribution >= 0.6 is 11.6 Å². The van der Waals surface area contributed by atoms with Crippen LogP contribution in [-0.2, 0) is 11.2 Å². The zero-order valence-electron chi connectivity index (χ0n) is 9.83. The van der Waals surface area contributed by atoms with E-state index in [2.05, 4.69) is 0 Å². The van der Waals surface area contributed by atoms with Crippen LogP contribution in [0.5, 0.6) is 11.5 Å². The number of carbonyl (C=O) groups is 1. The van der Waals surface area contributed by atoms with E-state index in [1.54, 1.807) is 19.2 Å². The van der Waals surface area contributed by atoms with Crippen LogP contribution in [0.4, 0.5) is 0 Å². The Kier molecular flexibility index (Phi) is 5.10. The van der Waals surface area contributed by atoms with Gasteiger partial charge in [0.15, 0.2) is 0 Å². The van der Waals surface area contributed by atoms with Crippen molar-refractivity contribution in [2.45, 2.75) is 19.3 Å². The van der Waals surface area contributed by atoms with Crippen molar-refractivity contribution in [2.24, 2.45) is 0 Å². The third-order valence-electron chi connectivity index (χ3n) is 2.41. The molecule has 0 atom stereocenters. The standard InChI is InChI=1S/C12H15ClO4/c1-16-10-7-6-9(13)12(17-2)8(10)4-3-5-11(14)15/h6-7H,3-5H2,1-2H3,(H,14,15). The van der Waals surface area contributed by atoms with E-state index in [0.29, 0.717) is 29.4 Å². The van der Waals surface area contributed by atoms with E-state index in [4.69, 9.17) is 26.2 Å². The van der Waals surface area contributed by atoms with Gasteiger partial charge in [-0.05, 0) is 25.0 Å². The van der Waals surface area contributed by atoms with Gasteiger partial charge < -0.3 is 14.6 Å². The molecule has 0 saturated carbocycles. The second-order valence-electron chi connectivity index (χ2n) is 3.51. The Morgan fingerprint density at radius 1 is 1.35 bits per heavy atom. The van der Waals surface area contributed by atoms with Crippen LogP contribution in [0.2, 0.25) is 5.02 Å².